The zero-order chi connectivity index (χ0) is 21.5. The second-order valence-corrected chi connectivity index (χ2v) is 7.30. The van der Waals surface area contributed by atoms with Crippen LogP contribution < -0.4 is 10.6 Å². The average Bonchev–Trinajstić information content (AvgIpc) is 3.20. The number of carbonyl (C=O) groups excluding carboxylic acids is 2. The second kappa shape index (κ2) is 10.1. The van der Waals surface area contributed by atoms with Crippen molar-refractivity contribution < 1.29 is 14.0 Å². The minimum Gasteiger partial charge on any atom is -0.457 e. The van der Waals surface area contributed by atoms with Gasteiger partial charge in [0.15, 0.2) is 0 Å². The van der Waals surface area contributed by atoms with E-state index >= 15 is 0 Å². The summed E-state index contributed by atoms with van der Waals surface area (Å²) in [5.74, 6) is 0.126. The molecule has 3 aromatic rings. The normalized spacial score (nSPS) is 11.2. The van der Waals surface area contributed by atoms with E-state index in [0.29, 0.717) is 39.2 Å². The number of hydrogen-bond donors (Lipinski definition) is 2. The molecule has 5 nitrogen and oxygen atoms in total. The number of furan rings is 1. The zero-order valence-corrected chi connectivity index (χ0v) is 17.8. The number of amides is 2. The van der Waals surface area contributed by atoms with Crippen LogP contribution in [-0.2, 0) is 4.79 Å². The fourth-order valence-electron chi connectivity index (χ4n) is 2.68. The van der Waals surface area contributed by atoms with Crippen LogP contribution in [0.3, 0.4) is 0 Å². The van der Waals surface area contributed by atoms with Gasteiger partial charge < -0.3 is 15.1 Å². The Morgan fingerprint density at radius 3 is 2.50 bits per heavy atom. The topological polar surface area (TPSA) is 71.3 Å². The molecule has 1 aromatic heterocycles. The minimum absolute atomic E-state index is 0.0837. The van der Waals surface area contributed by atoms with Crippen molar-refractivity contribution in [1.29, 1.82) is 0 Å². The molecule has 0 atom stereocenters. The van der Waals surface area contributed by atoms with Crippen molar-refractivity contribution in [2.24, 2.45) is 0 Å². The summed E-state index contributed by atoms with van der Waals surface area (Å²) in [6.07, 6.45) is 2.25. The molecule has 0 spiro atoms. The van der Waals surface area contributed by atoms with Crippen LogP contribution in [0.2, 0.25) is 10.0 Å². The first-order valence-electron chi connectivity index (χ1n) is 9.39. The summed E-state index contributed by atoms with van der Waals surface area (Å²) >= 11 is 12.2. The maximum absolute atomic E-state index is 12.6. The van der Waals surface area contributed by atoms with Crippen LogP contribution in [0.5, 0.6) is 0 Å². The molecular weight excluding hydrogens is 423 g/mol. The molecule has 7 heteroatoms. The van der Waals surface area contributed by atoms with Gasteiger partial charge in [-0.05, 0) is 48.9 Å². The molecule has 1 heterocycles. The molecule has 0 fully saturated rings. The molecule has 2 N–H and O–H groups in total. The molecule has 30 heavy (non-hydrogen) atoms. The lowest BCUT2D eigenvalue weighted by Gasteiger charge is -2.10. The number of benzene rings is 2. The summed E-state index contributed by atoms with van der Waals surface area (Å²) in [4.78, 5) is 25.1. The van der Waals surface area contributed by atoms with Gasteiger partial charge >= 0.3 is 0 Å². The summed E-state index contributed by atoms with van der Waals surface area (Å²) in [6, 6.07) is 17.2. The van der Waals surface area contributed by atoms with Crippen molar-refractivity contribution in [3.05, 3.63) is 87.7 Å². The van der Waals surface area contributed by atoms with Gasteiger partial charge in [-0.1, -0.05) is 48.3 Å². The average molecular weight is 443 g/mol. The van der Waals surface area contributed by atoms with Gasteiger partial charge in [-0.2, -0.15) is 0 Å². The molecule has 0 aliphatic heterocycles. The van der Waals surface area contributed by atoms with Crippen molar-refractivity contribution in [3.8, 4) is 11.3 Å². The van der Waals surface area contributed by atoms with Gasteiger partial charge in [0.1, 0.15) is 17.2 Å². The largest absolute Gasteiger partial charge is 0.457 e. The molecule has 2 aromatic carbocycles. The summed E-state index contributed by atoms with van der Waals surface area (Å²) in [7, 11) is 0. The molecule has 0 aliphatic rings. The quantitative estimate of drug-likeness (QED) is 0.471. The zero-order valence-electron chi connectivity index (χ0n) is 16.2. The highest BCUT2D eigenvalue weighted by molar-refractivity contribution is 6.36. The van der Waals surface area contributed by atoms with Gasteiger partial charge in [0, 0.05) is 28.8 Å². The molecular formula is C23H20Cl2N2O3. The van der Waals surface area contributed by atoms with Crippen LogP contribution in [0.15, 0.2) is 70.8 Å². The van der Waals surface area contributed by atoms with Crippen molar-refractivity contribution >= 4 is 41.1 Å². The van der Waals surface area contributed by atoms with Gasteiger partial charge in [-0.3, -0.25) is 9.59 Å². The minimum atomic E-state index is -0.399. The fourth-order valence-corrected chi connectivity index (χ4v) is 3.18. The predicted molar refractivity (Wildman–Crippen MR) is 119 cm³/mol. The number of nitrogens with one attached hydrogen (secondary N) is 2. The van der Waals surface area contributed by atoms with Gasteiger partial charge in [0.2, 0.25) is 0 Å². The Labute approximate surface area is 184 Å². The molecule has 0 saturated heterocycles. The highest BCUT2D eigenvalue weighted by Gasteiger charge is 2.16. The van der Waals surface area contributed by atoms with Crippen LogP contribution in [0.1, 0.15) is 29.5 Å². The molecule has 3 rings (SSSR count). The first-order chi connectivity index (χ1) is 14.5. The number of halogens is 2. The third kappa shape index (κ3) is 5.53. The van der Waals surface area contributed by atoms with E-state index in [1.165, 1.54) is 6.08 Å². The van der Waals surface area contributed by atoms with E-state index < -0.39 is 5.91 Å². The van der Waals surface area contributed by atoms with E-state index in [4.69, 9.17) is 27.6 Å². The summed E-state index contributed by atoms with van der Waals surface area (Å²) in [5.41, 5.74) is 1.20. The van der Waals surface area contributed by atoms with Gasteiger partial charge in [-0.25, -0.2) is 0 Å². The predicted octanol–water partition coefficient (Wildman–Crippen LogP) is 5.55. The molecule has 0 radical (unpaired) electrons. The number of hydrogen-bond acceptors (Lipinski definition) is 3. The Morgan fingerprint density at radius 2 is 1.80 bits per heavy atom. The second-order valence-electron chi connectivity index (χ2n) is 6.46. The lowest BCUT2D eigenvalue weighted by molar-refractivity contribution is -0.117. The van der Waals surface area contributed by atoms with Crippen molar-refractivity contribution in [2.75, 3.05) is 6.54 Å². The maximum atomic E-state index is 12.6. The van der Waals surface area contributed by atoms with Crippen LogP contribution in [0.4, 0.5) is 0 Å². The first-order valence-corrected chi connectivity index (χ1v) is 10.1. The Balaban J connectivity index is 1.88. The highest BCUT2D eigenvalue weighted by Crippen LogP contribution is 2.31. The van der Waals surface area contributed by atoms with Crippen LogP contribution in [0, 0.1) is 0 Å². The Bertz CT molecular complexity index is 1080. The van der Waals surface area contributed by atoms with Crippen LogP contribution in [-0.4, -0.2) is 18.4 Å². The lowest BCUT2D eigenvalue weighted by Crippen LogP contribution is -2.35. The Hall–Kier alpha value is -3.02. The molecule has 154 valence electrons. The molecule has 0 saturated carbocycles. The number of carbonyl (C=O) groups is 2. The van der Waals surface area contributed by atoms with Crippen LogP contribution in [0.25, 0.3) is 17.4 Å². The van der Waals surface area contributed by atoms with Crippen molar-refractivity contribution in [1.82, 2.24) is 10.6 Å². The lowest BCUT2D eigenvalue weighted by atomic mass is 10.2. The number of rotatable bonds is 7. The van der Waals surface area contributed by atoms with Gasteiger partial charge in [0.05, 0.1) is 5.02 Å². The van der Waals surface area contributed by atoms with E-state index in [-0.39, 0.29) is 11.6 Å². The third-order valence-corrected chi connectivity index (χ3v) is 4.72. The van der Waals surface area contributed by atoms with Gasteiger partial charge in [-0.15, -0.1) is 0 Å². The van der Waals surface area contributed by atoms with E-state index in [1.54, 1.807) is 54.6 Å². The monoisotopic (exact) mass is 442 g/mol. The molecule has 0 aliphatic carbocycles. The van der Waals surface area contributed by atoms with E-state index in [0.717, 1.165) is 6.42 Å². The first kappa shape index (κ1) is 21.7. The molecule has 2 amide bonds. The summed E-state index contributed by atoms with van der Waals surface area (Å²) in [6.45, 7) is 2.43. The molecule has 0 unspecified atom stereocenters. The highest BCUT2D eigenvalue weighted by atomic mass is 35.5. The van der Waals surface area contributed by atoms with Gasteiger partial charge in [0.25, 0.3) is 11.8 Å². The SMILES string of the molecule is CCCNC(=O)/C(=C\c1ccc(-c2ccc(Cl)cc2Cl)o1)NC(=O)c1ccccc1. The van der Waals surface area contributed by atoms with E-state index in [1.807, 2.05) is 13.0 Å². The standard InChI is InChI=1S/C23H20Cl2N2O3/c1-2-12-26-23(29)20(27-22(28)15-6-4-3-5-7-15)14-17-9-11-21(30-17)18-10-8-16(24)13-19(18)25/h3-11,13-14H,2,12H2,1H3,(H,26,29)(H,27,28)/b20-14+. The summed E-state index contributed by atoms with van der Waals surface area (Å²) in [5, 5.41) is 6.40. The van der Waals surface area contributed by atoms with Crippen molar-refractivity contribution in [2.45, 2.75) is 13.3 Å². The third-order valence-electron chi connectivity index (χ3n) is 4.17. The fraction of sp³-hybridized carbons (Fsp3) is 0.130. The van der Waals surface area contributed by atoms with Crippen LogP contribution >= 0.6 is 23.2 Å². The Morgan fingerprint density at radius 1 is 1.03 bits per heavy atom. The summed E-state index contributed by atoms with van der Waals surface area (Å²) < 4.78 is 5.83. The van der Waals surface area contributed by atoms with Crippen molar-refractivity contribution in [3.63, 3.8) is 0 Å². The smallest absolute Gasteiger partial charge is 0.267 e. The van der Waals surface area contributed by atoms with E-state index in [9.17, 15) is 9.59 Å². The Kier molecular flexibility index (Phi) is 7.33. The molecule has 0 bridgehead atoms. The van der Waals surface area contributed by atoms with E-state index in [2.05, 4.69) is 10.6 Å². The maximum Gasteiger partial charge on any atom is 0.267 e.